The number of hydrogen-bond acceptors (Lipinski definition) is 6. The van der Waals surface area contributed by atoms with Gasteiger partial charge in [-0.2, -0.15) is 13.2 Å². The van der Waals surface area contributed by atoms with Crippen LogP contribution in [0.4, 0.5) is 13.2 Å². The molecule has 1 aliphatic heterocycles. The lowest BCUT2D eigenvalue weighted by Crippen LogP contribution is -2.43. The Morgan fingerprint density at radius 3 is 2.45 bits per heavy atom. The highest BCUT2D eigenvalue weighted by Crippen LogP contribution is 2.29. The number of hydrogen-bond donors (Lipinski definition) is 1. The molecule has 0 aromatic carbocycles. The summed E-state index contributed by atoms with van der Waals surface area (Å²) in [6.45, 7) is 5.68. The molecule has 29 heavy (non-hydrogen) atoms. The standard InChI is InChI=1S/C19H27F3N2O5/c1-5-7-13-8-16(17(26)29-18(27)19(20,21)22)24(9-13)10-14(6-2)15(11-28-4)23-12(3)25/h5,7,11,13-14,16H,6,8-10H2,1-4H3,(H,23,25)/t13?,14-,16?/m0/s1. The number of amides is 1. The van der Waals surface area contributed by atoms with Crippen molar-refractivity contribution < 1.29 is 37.0 Å². The van der Waals surface area contributed by atoms with Crippen molar-refractivity contribution in [3.8, 4) is 0 Å². The summed E-state index contributed by atoms with van der Waals surface area (Å²) >= 11 is 0. The van der Waals surface area contributed by atoms with Gasteiger partial charge in [-0.05, 0) is 25.7 Å². The van der Waals surface area contributed by atoms with Crippen LogP contribution in [0, 0.1) is 11.8 Å². The zero-order chi connectivity index (χ0) is 22.2. The third kappa shape index (κ3) is 7.52. The molecule has 0 aromatic heterocycles. The Bertz CT molecular complexity index is 661. The first kappa shape index (κ1) is 24.7. The van der Waals surface area contributed by atoms with Crippen molar-refractivity contribution in [3.63, 3.8) is 0 Å². The summed E-state index contributed by atoms with van der Waals surface area (Å²) in [7, 11) is 1.43. The number of methoxy groups -OCH3 is 1. The number of nitrogens with one attached hydrogen (secondary N) is 1. The molecule has 7 nitrogen and oxygen atoms in total. The molecule has 164 valence electrons. The monoisotopic (exact) mass is 420 g/mol. The van der Waals surface area contributed by atoms with Gasteiger partial charge < -0.3 is 14.8 Å². The fraction of sp³-hybridized carbons (Fsp3) is 0.632. The predicted octanol–water partition coefficient (Wildman–Crippen LogP) is 2.54. The highest BCUT2D eigenvalue weighted by Gasteiger charge is 2.45. The molecule has 0 aliphatic carbocycles. The minimum Gasteiger partial charge on any atom is -0.503 e. The zero-order valence-corrected chi connectivity index (χ0v) is 16.9. The minimum absolute atomic E-state index is 0.0772. The fourth-order valence-electron chi connectivity index (χ4n) is 3.30. The molecule has 1 saturated heterocycles. The molecule has 1 fully saturated rings. The SMILES string of the molecule is CC=CC1CC(C(=O)OC(=O)C(F)(F)F)N(C[C@H](CC)C(=COC)NC(C)=O)C1. The topological polar surface area (TPSA) is 84.9 Å². The Kier molecular flexibility index (Phi) is 9.35. The van der Waals surface area contributed by atoms with Crippen molar-refractivity contribution in [1.82, 2.24) is 10.2 Å². The highest BCUT2D eigenvalue weighted by atomic mass is 19.4. The molecule has 10 heteroatoms. The van der Waals surface area contributed by atoms with Crippen molar-refractivity contribution in [1.29, 1.82) is 0 Å². The van der Waals surface area contributed by atoms with Crippen LogP contribution in [0.3, 0.4) is 0 Å². The molecule has 1 heterocycles. The maximum atomic E-state index is 12.5. The van der Waals surface area contributed by atoms with Crippen LogP contribution in [0.5, 0.6) is 0 Å². The van der Waals surface area contributed by atoms with E-state index >= 15 is 0 Å². The van der Waals surface area contributed by atoms with Crippen molar-refractivity contribution in [3.05, 3.63) is 24.1 Å². The smallest absolute Gasteiger partial charge is 0.491 e. The van der Waals surface area contributed by atoms with Crippen LogP contribution in [0.25, 0.3) is 0 Å². The molecule has 1 amide bonds. The van der Waals surface area contributed by atoms with Gasteiger partial charge in [0.25, 0.3) is 0 Å². The van der Waals surface area contributed by atoms with Gasteiger partial charge in [0.2, 0.25) is 5.91 Å². The minimum atomic E-state index is -5.24. The van der Waals surface area contributed by atoms with E-state index in [4.69, 9.17) is 4.74 Å². The number of rotatable bonds is 8. The van der Waals surface area contributed by atoms with Crippen LogP contribution in [0.15, 0.2) is 24.1 Å². The van der Waals surface area contributed by atoms with Gasteiger partial charge >= 0.3 is 18.1 Å². The van der Waals surface area contributed by atoms with Gasteiger partial charge in [0.15, 0.2) is 0 Å². The van der Waals surface area contributed by atoms with Crippen LogP contribution in [-0.4, -0.2) is 55.2 Å². The molecule has 0 bridgehead atoms. The Morgan fingerprint density at radius 2 is 1.97 bits per heavy atom. The first-order valence-electron chi connectivity index (χ1n) is 9.23. The number of nitrogens with zero attached hydrogens (tertiary/aromatic N) is 1. The molecule has 2 unspecified atom stereocenters. The van der Waals surface area contributed by atoms with Gasteiger partial charge in [0.05, 0.1) is 12.8 Å². The molecule has 0 aromatic rings. The van der Waals surface area contributed by atoms with Gasteiger partial charge in [-0.1, -0.05) is 19.1 Å². The lowest BCUT2D eigenvalue weighted by molar-refractivity contribution is -0.203. The van der Waals surface area contributed by atoms with E-state index in [1.54, 1.807) is 17.9 Å². The summed E-state index contributed by atoms with van der Waals surface area (Å²) in [5.41, 5.74) is 0.496. The van der Waals surface area contributed by atoms with Gasteiger partial charge in [-0.3, -0.25) is 9.69 Å². The second kappa shape index (κ2) is 11.0. The maximum Gasteiger partial charge on any atom is 0.491 e. The number of carbonyl (C=O) groups excluding carboxylic acids is 3. The number of carbonyl (C=O) groups is 3. The summed E-state index contributed by atoms with van der Waals surface area (Å²) in [6.07, 6.45) is 0.593. The normalized spacial score (nSPS) is 21.8. The van der Waals surface area contributed by atoms with Crippen molar-refractivity contribution in [2.45, 2.75) is 45.8 Å². The Labute approximate surface area is 167 Å². The van der Waals surface area contributed by atoms with Crippen LogP contribution in [-0.2, 0) is 23.9 Å². The molecule has 1 N–H and O–H groups in total. The van der Waals surface area contributed by atoms with E-state index in [1.807, 2.05) is 13.0 Å². The lowest BCUT2D eigenvalue weighted by atomic mass is 10.0. The summed E-state index contributed by atoms with van der Waals surface area (Å²) in [4.78, 5) is 36.5. The highest BCUT2D eigenvalue weighted by molar-refractivity contribution is 5.91. The number of allylic oxidation sites excluding steroid dienone is 1. The number of likely N-dealkylation sites (tertiary alicyclic amines) is 1. The van der Waals surface area contributed by atoms with E-state index in [-0.39, 0.29) is 30.7 Å². The third-order valence-electron chi connectivity index (χ3n) is 4.55. The molecule has 0 saturated carbocycles. The molecule has 0 radical (unpaired) electrons. The molecule has 1 rings (SSSR count). The van der Waals surface area contributed by atoms with E-state index < -0.39 is 24.2 Å². The van der Waals surface area contributed by atoms with Crippen LogP contribution in [0.1, 0.15) is 33.6 Å². The first-order chi connectivity index (χ1) is 13.5. The van der Waals surface area contributed by atoms with Gasteiger partial charge in [-0.15, -0.1) is 0 Å². The van der Waals surface area contributed by atoms with Crippen LogP contribution < -0.4 is 5.32 Å². The van der Waals surface area contributed by atoms with Gasteiger partial charge in [0.1, 0.15) is 12.3 Å². The maximum absolute atomic E-state index is 12.5. The van der Waals surface area contributed by atoms with Crippen molar-refractivity contribution >= 4 is 17.8 Å². The molecule has 1 aliphatic rings. The zero-order valence-electron chi connectivity index (χ0n) is 16.9. The predicted molar refractivity (Wildman–Crippen MR) is 98.1 cm³/mol. The molecular weight excluding hydrogens is 393 g/mol. The van der Waals surface area contributed by atoms with E-state index in [2.05, 4.69) is 10.1 Å². The second-order valence-corrected chi connectivity index (χ2v) is 6.79. The van der Waals surface area contributed by atoms with E-state index in [0.717, 1.165) is 0 Å². The van der Waals surface area contributed by atoms with Crippen molar-refractivity contribution in [2.24, 2.45) is 11.8 Å². The molecular formula is C19H27F3N2O5. The number of alkyl halides is 3. The summed E-state index contributed by atoms with van der Waals surface area (Å²) in [6, 6.07) is -1.00. The van der Waals surface area contributed by atoms with Crippen molar-refractivity contribution in [2.75, 3.05) is 20.2 Å². The first-order valence-corrected chi connectivity index (χ1v) is 9.23. The van der Waals surface area contributed by atoms with E-state index in [0.29, 0.717) is 18.7 Å². The summed E-state index contributed by atoms with van der Waals surface area (Å²) < 4.78 is 46.4. The number of esters is 2. The average Bonchev–Trinajstić information content (AvgIpc) is 3.01. The Balaban J connectivity index is 3.03. The fourth-order valence-corrected chi connectivity index (χ4v) is 3.30. The average molecular weight is 420 g/mol. The lowest BCUT2D eigenvalue weighted by Gasteiger charge is -2.28. The second-order valence-electron chi connectivity index (χ2n) is 6.79. The summed E-state index contributed by atoms with van der Waals surface area (Å²) in [5, 5.41) is 2.68. The van der Waals surface area contributed by atoms with Crippen LogP contribution in [0.2, 0.25) is 0 Å². The van der Waals surface area contributed by atoms with E-state index in [9.17, 15) is 27.6 Å². The Hall–Kier alpha value is -2.36. The summed E-state index contributed by atoms with van der Waals surface area (Å²) in [5.74, 6) is -4.39. The number of ether oxygens (including phenoxy) is 2. The van der Waals surface area contributed by atoms with Gasteiger partial charge in [-0.25, -0.2) is 9.59 Å². The van der Waals surface area contributed by atoms with Gasteiger partial charge in [0, 0.05) is 25.9 Å². The molecule has 3 atom stereocenters. The van der Waals surface area contributed by atoms with Crippen LogP contribution >= 0.6 is 0 Å². The molecule has 0 spiro atoms. The Morgan fingerprint density at radius 1 is 1.31 bits per heavy atom. The third-order valence-corrected chi connectivity index (χ3v) is 4.55. The quantitative estimate of drug-likeness (QED) is 0.281. The van der Waals surface area contributed by atoms with E-state index in [1.165, 1.54) is 20.3 Å². The largest absolute Gasteiger partial charge is 0.503 e. The number of halogens is 3.